The molecule has 268 valence electrons. The molecule has 0 radical (unpaired) electrons. The van der Waals surface area contributed by atoms with E-state index in [9.17, 15) is 5.11 Å². The maximum absolute atomic E-state index is 15.2. The Hall–Kier alpha value is -5.69. The Morgan fingerprint density at radius 2 is 1.21 bits per heavy atom. The lowest BCUT2D eigenvalue weighted by Gasteiger charge is -2.27. The molecule has 0 amide bonds. The molecule has 4 nitrogen and oxygen atoms in total. The molecule has 0 bridgehead atoms. The summed E-state index contributed by atoms with van der Waals surface area (Å²) in [6.07, 6.45) is -2.97. The van der Waals surface area contributed by atoms with Crippen molar-refractivity contribution in [2.75, 3.05) is 0 Å². The first-order valence-electron chi connectivity index (χ1n) is 17.7. The Labute approximate surface area is 308 Å². The van der Waals surface area contributed by atoms with Crippen molar-refractivity contribution in [2.24, 2.45) is 0 Å². The summed E-state index contributed by atoms with van der Waals surface area (Å²) in [5.74, 6) is -0.568. The SMILES string of the molecule is Cc1cnc(-c2cc(-c3ccccc3)cc(-c3cccc4c3nc(-c3cc(C(C)(C)C)cc(C(C)(C)C)c3O)n4C(F)(F)F)c2)cc1-c1ccccc1. The number of phenols is 1. The maximum atomic E-state index is 15.2. The van der Waals surface area contributed by atoms with Gasteiger partial charge in [0.05, 0.1) is 22.3 Å². The average molecular weight is 710 g/mol. The Morgan fingerprint density at radius 3 is 1.83 bits per heavy atom. The maximum Gasteiger partial charge on any atom is 0.490 e. The molecule has 7 aromatic rings. The largest absolute Gasteiger partial charge is 0.507 e. The fourth-order valence-corrected chi connectivity index (χ4v) is 6.92. The van der Waals surface area contributed by atoms with Crippen LogP contribution in [-0.4, -0.2) is 19.6 Å². The van der Waals surface area contributed by atoms with Gasteiger partial charge in [0.2, 0.25) is 0 Å². The number of benzene rings is 5. The van der Waals surface area contributed by atoms with Crippen LogP contribution in [0, 0.1) is 6.92 Å². The van der Waals surface area contributed by atoms with E-state index in [1.54, 1.807) is 18.2 Å². The number of rotatable bonds is 5. The first-order valence-corrected chi connectivity index (χ1v) is 17.7. The van der Waals surface area contributed by atoms with Crippen molar-refractivity contribution in [1.82, 2.24) is 14.5 Å². The second kappa shape index (κ2) is 13.1. The number of nitrogens with zero attached hydrogens (tertiary/aromatic N) is 3. The molecule has 2 aromatic heterocycles. The van der Waals surface area contributed by atoms with E-state index < -0.39 is 17.1 Å². The van der Waals surface area contributed by atoms with E-state index >= 15 is 13.2 Å². The van der Waals surface area contributed by atoms with E-state index in [1.165, 1.54) is 6.07 Å². The number of aryl methyl sites for hydroxylation is 1. The minimum atomic E-state index is -4.83. The summed E-state index contributed by atoms with van der Waals surface area (Å²) < 4.78 is 46.0. The van der Waals surface area contributed by atoms with Crippen LogP contribution in [-0.2, 0) is 17.1 Å². The van der Waals surface area contributed by atoms with Gasteiger partial charge in [-0.3, -0.25) is 4.98 Å². The van der Waals surface area contributed by atoms with Gasteiger partial charge in [0.1, 0.15) is 5.75 Å². The van der Waals surface area contributed by atoms with Crippen LogP contribution in [0.4, 0.5) is 13.2 Å². The zero-order valence-corrected chi connectivity index (χ0v) is 31.0. The van der Waals surface area contributed by atoms with Crippen molar-refractivity contribution in [1.29, 1.82) is 0 Å². The number of aromatic nitrogens is 3. The van der Waals surface area contributed by atoms with Gasteiger partial charge >= 0.3 is 6.30 Å². The summed E-state index contributed by atoms with van der Waals surface area (Å²) in [5, 5.41) is 11.7. The van der Waals surface area contributed by atoms with Gasteiger partial charge in [0, 0.05) is 22.9 Å². The van der Waals surface area contributed by atoms with Crippen molar-refractivity contribution >= 4 is 11.0 Å². The van der Waals surface area contributed by atoms with Crippen LogP contribution in [0.25, 0.3) is 67.1 Å². The van der Waals surface area contributed by atoms with Gasteiger partial charge in [0.15, 0.2) is 5.82 Å². The van der Waals surface area contributed by atoms with Crippen molar-refractivity contribution in [3.05, 3.63) is 138 Å². The van der Waals surface area contributed by atoms with Crippen molar-refractivity contribution in [3.8, 4) is 61.8 Å². The average Bonchev–Trinajstić information content (AvgIpc) is 3.52. The molecule has 0 atom stereocenters. The highest BCUT2D eigenvalue weighted by Crippen LogP contribution is 2.46. The number of para-hydroxylation sites is 1. The summed E-state index contributed by atoms with van der Waals surface area (Å²) in [5.41, 5.74) is 8.29. The van der Waals surface area contributed by atoms with Gasteiger partial charge in [-0.1, -0.05) is 120 Å². The summed E-state index contributed by atoms with van der Waals surface area (Å²) in [4.78, 5) is 9.60. The minimum absolute atomic E-state index is 0.0397. The summed E-state index contributed by atoms with van der Waals surface area (Å²) in [7, 11) is 0. The number of fused-ring (bicyclic) bond motifs is 1. The molecule has 1 N–H and O–H groups in total. The van der Waals surface area contributed by atoms with Crippen molar-refractivity contribution in [2.45, 2.75) is 65.6 Å². The third kappa shape index (κ3) is 6.84. The van der Waals surface area contributed by atoms with E-state index in [1.807, 2.05) is 121 Å². The highest BCUT2D eigenvalue weighted by Gasteiger charge is 2.38. The summed E-state index contributed by atoms with van der Waals surface area (Å²) in [6.45, 7) is 13.8. The lowest BCUT2D eigenvalue weighted by Crippen LogP contribution is -2.20. The smallest absolute Gasteiger partial charge is 0.490 e. The van der Waals surface area contributed by atoms with Crippen LogP contribution in [0.1, 0.15) is 58.2 Å². The molecule has 53 heavy (non-hydrogen) atoms. The molecule has 0 aliphatic heterocycles. The highest BCUT2D eigenvalue weighted by molar-refractivity contribution is 5.97. The van der Waals surface area contributed by atoms with Crippen LogP contribution >= 0.6 is 0 Å². The molecule has 0 unspecified atom stereocenters. The summed E-state index contributed by atoms with van der Waals surface area (Å²) in [6, 6.07) is 36.5. The number of hydrogen-bond acceptors (Lipinski definition) is 3. The van der Waals surface area contributed by atoms with Gasteiger partial charge in [-0.25, -0.2) is 9.55 Å². The van der Waals surface area contributed by atoms with E-state index in [-0.39, 0.29) is 28.2 Å². The van der Waals surface area contributed by atoms with Crippen LogP contribution < -0.4 is 0 Å². The Morgan fingerprint density at radius 1 is 0.585 bits per heavy atom. The van der Waals surface area contributed by atoms with Gasteiger partial charge < -0.3 is 5.11 Å². The Balaban J connectivity index is 1.50. The number of alkyl halides is 3. The molecule has 0 spiro atoms. The molecular weight excluding hydrogens is 668 g/mol. The number of hydrogen-bond donors (Lipinski definition) is 1. The van der Waals surface area contributed by atoms with E-state index in [2.05, 4.69) is 24.3 Å². The number of phenolic OH excluding ortho intramolecular Hbond substituents is 1. The Kier molecular flexibility index (Phi) is 8.80. The number of halogens is 3. The third-order valence-electron chi connectivity index (χ3n) is 9.80. The second-order valence-electron chi connectivity index (χ2n) is 15.7. The van der Waals surface area contributed by atoms with Gasteiger partial charge in [-0.2, -0.15) is 0 Å². The Bertz CT molecular complexity index is 2470. The first kappa shape index (κ1) is 35.7. The third-order valence-corrected chi connectivity index (χ3v) is 9.80. The minimum Gasteiger partial charge on any atom is -0.507 e. The molecule has 0 aliphatic carbocycles. The van der Waals surface area contributed by atoms with E-state index in [0.29, 0.717) is 21.3 Å². The topological polar surface area (TPSA) is 50.9 Å². The monoisotopic (exact) mass is 709 g/mol. The van der Waals surface area contributed by atoms with E-state index in [0.717, 1.165) is 44.6 Å². The number of imidazole rings is 1. The molecule has 0 fully saturated rings. The van der Waals surface area contributed by atoms with Crippen molar-refractivity contribution < 1.29 is 18.3 Å². The van der Waals surface area contributed by atoms with E-state index in [4.69, 9.17) is 9.97 Å². The predicted molar refractivity (Wildman–Crippen MR) is 210 cm³/mol. The molecular formula is C46H42F3N3O. The van der Waals surface area contributed by atoms with Crippen LogP contribution in [0.15, 0.2) is 121 Å². The molecule has 5 aromatic carbocycles. The molecule has 0 saturated carbocycles. The lowest BCUT2D eigenvalue weighted by atomic mass is 9.79. The van der Waals surface area contributed by atoms with Crippen molar-refractivity contribution in [3.63, 3.8) is 0 Å². The molecule has 2 heterocycles. The fraction of sp³-hybridized carbons (Fsp3) is 0.217. The standard InChI is InChI=1S/C46H42F3N3O/c1-28-27-50-39(26-36(28)30-17-12-9-13-18-30)33-22-31(29-15-10-8-11-16-29)21-32(23-33)35-19-14-20-40-41(35)51-43(52(40)46(47,48)49)37-24-34(44(2,3)4)25-38(42(37)53)45(5,6)7/h8-27,53H,1-7H3. The van der Waals surface area contributed by atoms with Crippen LogP contribution in [0.5, 0.6) is 5.75 Å². The zero-order valence-electron chi connectivity index (χ0n) is 31.0. The fourth-order valence-electron chi connectivity index (χ4n) is 6.92. The lowest BCUT2D eigenvalue weighted by molar-refractivity contribution is -0.199. The number of aromatic hydroxyl groups is 1. The van der Waals surface area contributed by atoms with Gasteiger partial charge in [-0.15, -0.1) is 13.2 Å². The normalized spacial score (nSPS) is 12.4. The number of pyridine rings is 1. The molecule has 7 rings (SSSR count). The quantitative estimate of drug-likeness (QED) is 0.194. The van der Waals surface area contributed by atoms with Gasteiger partial charge in [0.25, 0.3) is 0 Å². The van der Waals surface area contributed by atoms with Crippen LogP contribution in [0.3, 0.4) is 0 Å². The first-order chi connectivity index (χ1) is 25.0. The molecule has 7 heteroatoms. The molecule has 0 aliphatic rings. The highest BCUT2D eigenvalue weighted by atomic mass is 19.4. The zero-order chi connectivity index (χ0) is 37.9. The van der Waals surface area contributed by atoms with Gasteiger partial charge in [-0.05, 0) is 93.1 Å². The second-order valence-corrected chi connectivity index (χ2v) is 15.7. The molecule has 0 saturated heterocycles. The van der Waals surface area contributed by atoms with Crippen LogP contribution in [0.2, 0.25) is 0 Å². The summed E-state index contributed by atoms with van der Waals surface area (Å²) >= 11 is 0. The predicted octanol–water partition coefficient (Wildman–Crippen LogP) is 12.9.